The number of ether oxygens (including phenoxy) is 2. The second-order valence-corrected chi connectivity index (χ2v) is 5.86. The van der Waals surface area contributed by atoms with Gasteiger partial charge in [-0.2, -0.15) is 0 Å². The van der Waals surface area contributed by atoms with Gasteiger partial charge in [-0.1, -0.05) is 0 Å². The van der Waals surface area contributed by atoms with Gasteiger partial charge in [0.2, 0.25) is 0 Å². The van der Waals surface area contributed by atoms with Crippen molar-refractivity contribution in [1.29, 1.82) is 0 Å². The first-order chi connectivity index (χ1) is 12.2. The van der Waals surface area contributed by atoms with Crippen LogP contribution < -0.4 is 10.6 Å². The highest BCUT2D eigenvalue weighted by atomic mass is 16.7. The third-order valence-corrected chi connectivity index (χ3v) is 3.27. The lowest BCUT2D eigenvalue weighted by Crippen LogP contribution is -2.42. The van der Waals surface area contributed by atoms with Gasteiger partial charge < -0.3 is 25.2 Å². The molecule has 0 aromatic heterocycles. The number of rotatable bonds is 6. The van der Waals surface area contributed by atoms with Gasteiger partial charge in [0.05, 0.1) is 6.42 Å². The Kier molecular flexibility index (Phi) is 5.61. The highest BCUT2D eigenvalue weighted by Crippen LogP contribution is 2.22. The number of carboxylic acid groups (broad SMARTS) is 1. The van der Waals surface area contributed by atoms with Crippen LogP contribution in [0, 0.1) is 0 Å². The molecule has 0 radical (unpaired) electrons. The lowest BCUT2D eigenvalue weighted by molar-refractivity contribution is -0.222. The molecule has 3 N–H and O–H groups in total. The zero-order chi connectivity index (χ0) is 19.3. The standard InChI is InChI=1S/C17H18N2O7/c1-17(2)25-15(23)12(16(24)26-17)9-19-11-5-3-10(4-6-11)14(22)18-8-7-13(20)21/h3-6,9,19H,7-8H2,1-2H3,(H,18,22)(H,20,21). The van der Waals surface area contributed by atoms with E-state index < -0.39 is 29.6 Å². The third kappa shape index (κ3) is 5.07. The van der Waals surface area contributed by atoms with Gasteiger partial charge in [-0.15, -0.1) is 0 Å². The molecule has 0 saturated carbocycles. The molecule has 1 aromatic carbocycles. The van der Waals surface area contributed by atoms with E-state index in [9.17, 15) is 19.2 Å². The smallest absolute Gasteiger partial charge is 0.350 e. The van der Waals surface area contributed by atoms with Crippen molar-refractivity contribution in [2.75, 3.05) is 11.9 Å². The molecule has 1 saturated heterocycles. The van der Waals surface area contributed by atoms with Gasteiger partial charge in [0, 0.05) is 37.8 Å². The molecule has 0 aliphatic carbocycles. The number of amides is 1. The molecule has 138 valence electrons. The van der Waals surface area contributed by atoms with Gasteiger partial charge >= 0.3 is 17.9 Å². The molecule has 2 rings (SSSR count). The van der Waals surface area contributed by atoms with E-state index in [0.717, 1.165) is 0 Å². The molecular formula is C17H18N2O7. The fraction of sp³-hybridized carbons (Fsp3) is 0.294. The van der Waals surface area contributed by atoms with E-state index >= 15 is 0 Å². The zero-order valence-corrected chi connectivity index (χ0v) is 14.2. The summed E-state index contributed by atoms with van der Waals surface area (Å²) < 4.78 is 9.93. The van der Waals surface area contributed by atoms with Crippen LogP contribution in [0.4, 0.5) is 5.69 Å². The average molecular weight is 362 g/mol. The quantitative estimate of drug-likeness (QED) is 0.388. The Bertz CT molecular complexity index is 744. The molecule has 9 heteroatoms. The molecule has 1 amide bonds. The molecular weight excluding hydrogens is 344 g/mol. The van der Waals surface area contributed by atoms with Crippen molar-refractivity contribution < 1.29 is 33.8 Å². The number of hydrogen-bond acceptors (Lipinski definition) is 7. The Morgan fingerprint density at radius 2 is 1.69 bits per heavy atom. The number of anilines is 1. The minimum absolute atomic E-state index is 0.0286. The number of aliphatic carboxylic acids is 1. The summed E-state index contributed by atoms with van der Waals surface area (Å²) in [6.07, 6.45) is 1.00. The number of esters is 2. The van der Waals surface area contributed by atoms with Crippen molar-refractivity contribution in [2.45, 2.75) is 26.1 Å². The second kappa shape index (κ2) is 7.68. The first kappa shape index (κ1) is 19.0. The van der Waals surface area contributed by atoms with Crippen LogP contribution in [0.2, 0.25) is 0 Å². The van der Waals surface area contributed by atoms with Crippen molar-refractivity contribution in [1.82, 2.24) is 5.32 Å². The predicted octanol–water partition coefficient (Wildman–Crippen LogP) is 1.02. The SMILES string of the molecule is CC1(C)OC(=O)C(=CNc2ccc(C(=O)NCCC(=O)O)cc2)C(=O)O1. The van der Waals surface area contributed by atoms with E-state index in [-0.39, 0.29) is 18.5 Å². The highest BCUT2D eigenvalue weighted by molar-refractivity contribution is 6.15. The maximum absolute atomic E-state index is 11.8. The average Bonchev–Trinajstić information content (AvgIpc) is 2.53. The zero-order valence-electron chi connectivity index (χ0n) is 14.2. The van der Waals surface area contributed by atoms with Crippen molar-refractivity contribution in [2.24, 2.45) is 0 Å². The molecule has 1 fully saturated rings. The van der Waals surface area contributed by atoms with E-state index in [1.165, 1.54) is 32.2 Å². The molecule has 1 aliphatic rings. The van der Waals surface area contributed by atoms with E-state index in [1.807, 2.05) is 0 Å². The Hall–Kier alpha value is -3.36. The molecule has 26 heavy (non-hydrogen) atoms. The van der Waals surface area contributed by atoms with E-state index in [4.69, 9.17) is 14.6 Å². The Labute approximate surface area is 149 Å². The minimum Gasteiger partial charge on any atom is -0.481 e. The topological polar surface area (TPSA) is 131 Å². The fourth-order valence-electron chi connectivity index (χ4n) is 2.04. The Morgan fingerprint density at radius 1 is 1.12 bits per heavy atom. The predicted molar refractivity (Wildman–Crippen MR) is 89.0 cm³/mol. The molecule has 0 spiro atoms. The highest BCUT2D eigenvalue weighted by Gasteiger charge is 2.38. The summed E-state index contributed by atoms with van der Waals surface area (Å²) in [4.78, 5) is 45.9. The fourth-order valence-corrected chi connectivity index (χ4v) is 2.04. The number of benzene rings is 1. The maximum Gasteiger partial charge on any atom is 0.350 e. The molecule has 9 nitrogen and oxygen atoms in total. The monoisotopic (exact) mass is 362 g/mol. The number of carboxylic acids is 1. The van der Waals surface area contributed by atoms with Gasteiger partial charge in [0.15, 0.2) is 5.57 Å². The first-order valence-corrected chi connectivity index (χ1v) is 7.71. The summed E-state index contributed by atoms with van der Waals surface area (Å²) in [7, 11) is 0. The van der Waals surface area contributed by atoms with E-state index in [0.29, 0.717) is 11.3 Å². The molecule has 0 bridgehead atoms. The van der Waals surface area contributed by atoms with Gasteiger partial charge in [0.25, 0.3) is 11.7 Å². The number of cyclic esters (lactones) is 2. The minimum atomic E-state index is -1.30. The Balaban J connectivity index is 1.97. The molecule has 1 aliphatic heterocycles. The largest absolute Gasteiger partial charge is 0.481 e. The Morgan fingerprint density at radius 3 is 2.23 bits per heavy atom. The van der Waals surface area contributed by atoms with Crippen LogP contribution in [-0.4, -0.2) is 41.3 Å². The van der Waals surface area contributed by atoms with Gasteiger partial charge in [-0.25, -0.2) is 9.59 Å². The summed E-state index contributed by atoms with van der Waals surface area (Å²) in [5.74, 6) is -4.30. The summed E-state index contributed by atoms with van der Waals surface area (Å²) >= 11 is 0. The summed E-state index contributed by atoms with van der Waals surface area (Å²) in [5, 5.41) is 13.8. The van der Waals surface area contributed by atoms with Gasteiger partial charge in [-0.3, -0.25) is 9.59 Å². The van der Waals surface area contributed by atoms with Crippen molar-refractivity contribution >= 4 is 29.5 Å². The maximum atomic E-state index is 11.8. The third-order valence-electron chi connectivity index (χ3n) is 3.27. The van der Waals surface area contributed by atoms with Gasteiger partial charge in [0.1, 0.15) is 0 Å². The normalized spacial score (nSPS) is 15.5. The number of carbonyl (C=O) groups excluding carboxylic acids is 3. The van der Waals surface area contributed by atoms with Crippen LogP contribution >= 0.6 is 0 Å². The lowest BCUT2D eigenvalue weighted by atomic mass is 10.2. The van der Waals surface area contributed by atoms with Crippen molar-refractivity contribution in [3.05, 3.63) is 41.6 Å². The first-order valence-electron chi connectivity index (χ1n) is 7.71. The molecule has 0 unspecified atom stereocenters. The molecule has 1 aromatic rings. The van der Waals surface area contributed by atoms with Crippen LogP contribution in [-0.2, 0) is 23.9 Å². The van der Waals surface area contributed by atoms with Crippen LogP contribution in [0.3, 0.4) is 0 Å². The van der Waals surface area contributed by atoms with E-state index in [2.05, 4.69) is 10.6 Å². The van der Waals surface area contributed by atoms with Crippen LogP contribution in [0.1, 0.15) is 30.6 Å². The number of nitrogens with one attached hydrogen (secondary N) is 2. The van der Waals surface area contributed by atoms with Crippen LogP contribution in [0.5, 0.6) is 0 Å². The van der Waals surface area contributed by atoms with Gasteiger partial charge in [-0.05, 0) is 24.3 Å². The summed E-state index contributed by atoms with van der Waals surface area (Å²) in [5.41, 5.74) is 0.580. The molecule has 1 heterocycles. The second-order valence-electron chi connectivity index (χ2n) is 5.86. The van der Waals surface area contributed by atoms with Crippen molar-refractivity contribution in [3.63, 3.8) is 0 Å². The number of hydrogen-bond donors (Lipinski definition) is 3. The number of carbonyl (C=O) groups is 4. The molecule has 0 atom stereocenters. The summed E-state index contributed by atoms with van der Waals surface area (Å²) in [6.45, 7) is 2.93. The van der Waals surface area contributed by atoms with Crippen LogP contribution in [0.15, 0.2) is 36.0 Å². The van der Waals surface area contributed by atoms with E-state index in [1.54, 1.807) is 12.1 Å². The van der Waals surface area contributed by atoms with Crippen molar-refractivity contribution in [3.8, 4) is 0 Å². The lowest BCUT2D eigenvalue weighted by Gasteiger charge is -2.29. The summed E-state index contributed by atoms with van der Waals surface area (Å²) in [6, 6.07) is 6.15. The van der Waals surface area contributed by atoms with Crippen LogP contribution in [0.25, 0.3) is 0 Å².